The van der Waals surface area contributed by atoms with Crippen molar-refractivity contribution in [3.8, 4) is 5.75 Å². The SMILES string of the molecule is Cc1ccccc1N1CCN(C(=O)COc2cccc(C)c2C)CC1. The van der Waals surface area contributed by atoms with Crippen molar-refractivity contribution in [2.75, 3.05) is 37.7 Å². The number of carbonyl (C=O) groups is 1. The molecule has 0 radical (unpaired) electrons. The molecule has 0 spiro atoms. The number of piperazine rings is 1. The van der Waals surface area contributed by atoms with E-state index in [-0.39, 0.29) is 12.5 Å². The van der Waals surface area contributed by atoms with Crippen LogP contribution in [0.3, 0.4) is 0 Å². The second kappa shape index (κ2) is 7.60. The smallest absolute Gasteiger partial charge is 0.260 e. The fourth-order valence-electron chi connectivity index (χ4n) is 3.23. The van der Waals surface area contributed by atoms with Gasteiger partial charge in [0, 0.05) is 31.9 Å². The maximum atomic E-state index is 12.5. The molecule has 1 aliphatic heterocycles. The molecule has 1 amide bonds. The minimum Gasteiger partial charge on any atom is -0.483 e. The maximum Gasteiger partial charge on any atom is 0.260 e. The summed E-state index contributed by atoms with van der Waals surface area (Å²) >= 11 is 0. The van der Waals surface area contributed by atoms with Crippen LogP contribution in [-0.2, 0) is 4.79 Å². The Bertz CT molecular complexity index is 749. The fourth-order valence-corrected chi connectivity index (χ4v) is 3.23. The van der Waals surface area contributed by atoms with Crippen molar-refractivity contribution in [2.45, 2.75) is 20.8 Å². The first-order valence-corrected chi connectivity index (χ1v) is 8.83. The average molecular weight is 338 g/mol. The molecule has 0 atom stereocenters. The van der Waals surface area contributed by atoms with Crippen LogP contribution in [0.1, 0.15) is 16.7 Å². The Labute approximate surface area is 150 Å². The van der Waals surface area contributed by atoms with Gasteiger partial charge in [0.1, 0.15) is 5.75 Å². The van der Waals surface area contributed by atoms with E-state index in [1.807, 2.05) is 24.0 Å². The molecule has 0 N–H and O–H groups in total. The Morgan fingerprint density at radius 3 is 2.32 bits per heavy atom. The summed E-state index contributed by atoms with van der Waals surface area (Å²) in [7, 11) is 0. The molecule has 0 aromatic heterocycles. The first kappa shape index (κ1) is 17.3. The number of nitrogens with zero attached hydrogens (tertiary/aromatic N) is 2. The van der Waals surface area contributed by atoms with Gasteiger partial charge in [0.15, 0.2) is 6.61 Å². The topological polar surface area (TPSA) is 32.8 Å². The van der Waals surface area contributed by atoms with Crippen LogP contribution >= 0.6 is 0 Å². The summed E-state index contributed by atoms with van der Waals surface area (Å²) in [6.45, 7) is 9.51. The van der Waals surface area contributed by atoms with Gasteiger partial charge >= 0.3 is 0 Å². The molecule has 0 unspecified atom stereocenters. The van der Waals surface area contributed by atoms with E-state index in [1.165, 1.54) is 16.8 Å². The van der Waals surface area contributed by atoms with Crippen molar-refractivity contribution in [2.24, 2.45) is 0 Å². The van der Waals surface area contributed by atoms with E-state index < -0.39 is 0 Å². The second-order valence-electron chi connectivity index (χ2n) is 6.64. The van der Waals surface area contributed by atoms with Crippen molar-refractivity contribution in [1.82, 2.24) is 4.90 Å². The van der Waals surface area contributed by atoms with Gasteiger partial charge in [0.25, 0.3) is 5.91 Å². The molecule has 0 aliphatic carbocycles. The lowest BCUT2D eigenvalue weighted by molar-refractivity contribution is -0.133. The molecule has 3 rings (SSSR count). The molecule has 132 valence electrons. The van der Waals surface area contributed by atoms with Crippen LogP contribution in [0.2, 0.25) is 0 Å². The van der Waals surface area contributed by atoms with Crippen molar-refractivity contribution in [3.05, 3.63) is 59.2 Å². The number of carbonyl (C=O) groups excluding carboxylic acids is 1. The molecular weight excluding hydrogens is 312 g/mol. The monoisotopic (exact) mass is 338 g/mol. The Morgan fingerprint density at radius 2 is 1.60 bits per heavy atom. The van der Waals surface area contributed by atoms with E-state index in [4.69, 9.17) is 4.74 Å². The van der Waals surface area contributed by atoms with Crippen LogP contribution < -0.4 is 9.64 Å². The summed E-state index contributed by atoms with van der Waals surface area (Å²) < 4.78 is 5.76. The van der Waals surface area contributed by atoms with Crippen LogP contribution in [0, 0.1) is 20.8 Å². The van der Waals surface area contributed by atoms with E-state index in [0.717, 1.165) is 37.5 Å². The lowest BCUT2D eigenvalue weighted by Gasteiger charge is -2.36. The average Bonchev–Trinajstić information content (AvgIpc) is 2.63. The first-order chi connectivity index (χ1) is 12.1. The number of hydrogen-bond donors (Lipinski definition) is 0. The second-order valence-corrected chi connectivity index (χ2v) is 6.64. The summed E-state index contributed by atoms with van der Waals surface area (Å²) in [6.07, 6.45) is 0. The zero-order valence-electron chi connectivity index (χ0n) is 15.3. The minimum atomic E-state index is 0.0605. The highest BCUT2D eigenvalue weighted by atomic mass is 16.5. The number of ether oxygens (including phenoxy) is 1. The molecule has 1 aliphatic rings. The molecule has 4 nitrogen and oxygen atoms in total. The molecule has 1 fully saturated rings. The molecular formula is C21H26N2O2. The normalized spacial score (nSPS) is 14.5. The summed E-state index contributed by atoms with van der Waals surface area (Å²) in [6, 6.07) is 14.3. The summed E-state index contributed by atoms with van der Waals surface area (Å²) in [4.78, 5) is 16.7. The van der Waals surface area contributed by atoms with Gasteiger partial charge in [-0.25, -0.2) is 0 Å². The Balaban J connectivity index is 1.53. The highest BCUT2D eigenvalue weighted by Gasteiger charge is 2.22. The molecule has 2 aromatic carbocycles. The van der Waals surface area contributed by atoms with E-state index >= 15 is 0 Å². The molecule has 0 saturated carbocycles. The minimum absolute atomic E-state index is 0.0605. The highest BCUT2D eigenvalue weighted by molar-refractivity contribution is 5.78. The zero-order valence-corrected chi connectivity index (χ0v) is 15.3. The number of benzene rings is 2. The zero-order chi connectivity index (χ0) is 17.8. The molecule has 4 heteroatoms. The van der Waals surface area contributed by atoms with E-state index in [1.54, 1.807) is 0 Å². The fraction of sp³-hybridized carbons (Fsp3) is 0.381. The first-order valence-electron chi connectivity index (χ1n) is 8.83. The van der Waals surface area contributed by atoms with Gasteiger partial charge in [0.2, 0.25) is 0 Å². The summed E-state index contributed by atoms with van der Waals surface area (Å²) in [5.74, 6) is 0.859. The molecule has 2 aromatic rings. The largest absolute Gasteiger partial charge is 0.483 e. The number of hydrogen-bond acceptors (Lipinski definition) is 3. The van der Waals surface area contributed by atoms with Crippen LogP contribution in [0.25, 0.3) is 0 Å². The van der Waals surface area contributed by atoms with Gasteiger partial charge in [-0.1, -0.05) is 30.3 Å². The molecule has 1 heterocycles. The third kappa shape index (κ3) is 3.95. The summed E-state index contributed by atoms with van der Waals surface area (Å²) in [5.41, 5.74) is 4.82. The summed E-state index contributed by atoms with van der Waals surface area (Å²) in [5, 5.41) is 0. The van der Waals surface area contributed by atoms with Crippen molar-refractivity contribution >= 4 is 11.6 Å². The number of aryl methyl sites for hydroxylation is 2. The van der Waals surface area contributed by atoms with Gasteiger partial charge in [-0.3, -0.25) is 4.79 Å². The molecule has 0 bridgehead atoms. The number of rotatable bonds is 4. The lowest BCUT2D eigenvalue weighted by Crippen LogP contribution is -2.50. The Morgan fingerprint density at radius 1 is 0.920 bits per heavy atom. The number of para-hydroxylation sites is 1. The predicted molar refractivity (Wildman–Crippen MR) is 101 cm³/mol. The van der Waals surface area contributed by atoms with Gasteiger partial charge < -0.3 is 14.5 Å². The van der Waals surface area contributed by atoms with Crippen molar-refractivity contribution in [3.63, 3.8) is 0 Å². The van der Waals surface area contributed by atoms with Gasteiger partial charge in [-0.2, -0.15) is 0 Å². The van der Waals surface area contributed by atoms with E-state index in [9.17, 15) is 4.79 Å². The van der Waals surface area contributed by atoms with Gasteiger partial charge in [0.05, 0.1) is 0 Å². The van der Waals surface area contributed by atoms with Crippen LogP contribution in [0.15, 0.2) is 42.5 Å². The quantitative estimate of drug-likeness (QED) is 0.857. The number of anilines is 1. The Kier molecular flexibility index (Phi) is 5.27. The van der Waals surface area contributed by atoms with Crippen LogP contribution in [-0.4, -0.2) is 43.6 Å². The maximum absolute atomic E-state index is 12.5. The van der Waals surface area contributed by atoms with Gasteiger partial charge in [-0.05, 0) is 49.6 Å². The third-order valence-corrected chi connectivity index (χ3v) is 4.99. The van der Waals surface area contributed by atoms with Crippen molar-refractivity contribution in [1.29, 1.82) is 0 Å². The van der Waals surface area contributed by atoms with Crippen LogP contribution in [0.5, 0.6) is 5.75 Å². The predicted octanol–water partition coefficient (Wildman–Crippen LogP) is 3.34. The Hall–Kier alpha value is -2.49. The highest BCUT2D eigenvalue weighted by Crippen LogP contribution is 2.22. The molecule has 25 heavy (non-hydrogen) atoms. The van der Waals surface area contributed by atoms with Crippen LogP contribution in [0.4, 0.5) is 5.69 Å². The van der Waals surface area contributed by atoms with Crippen molar-refractivity contribution < 1.29 is 9.53 Å². The standard InChI is InChI=1S/C21H26N2O2/c1-16-8-6-10-20(18(16)3)25-15-21(24)23-13-11-22(12-14-23)19-9-5-4-7-17(19)2/h4-10H,11-15H2,1-3H3. The number of amides is 1. The molecule has 1 saturated heterocycles. The van der Waals surface area contributed by atoms with E-state index in [0.29, 0.717) is 0 Å². The third-order valence-electron chi connectivity index (χ3n) is 4.99. The van der Waals surface area contributed by atoms with Gasteiger partial charge in [-0.15, -0.1) is 0 Å². The lowest BCUT2D eigenvalue weighted by atomic mass is 10.1. The van der Waals surface area contributed by atoms with E-state index in [2.05, 4.69) is 49.1 Å².